The average molecular weight is 290 g/mol. The molecule has 88 valence electrons. The largest absolute Gasteiger partial charge is 0.493 e. The summed E-state index contributed by atoms with van der Waals surface area (Å²) >= 11 is 3.25. The van der Waals surface area contributed by atoms with Crippen LogP contribution in [0, 0.1) is 0 Å². The molecule has 1 unspecified atom stereocenters. The number of nitrogens with two attached hydrogens (primary N) is 1. The first-order valence-corrected chi connectivity index (χ1v) is 5.20. The number of benzene rings is 1. The average Bonchev–Trinajstić information content (AvgIpc) is 2.26. The van der Waals surface area contributed by atoms with E-state index >= 15 is 0 Å². The Bertz CT molecular complexity index is 408. The van der Waals surface area contributed by atoms with Crippen LogP contribution in [0.4, 0.5) is 0 Å². The fourth-order valence-electron chi connectivity index (χ4n) is 1.32. The Balaban J connectivity index is 3.35. The lowest BCUT2D eigenvalue weighted by Crippen LogP contribution is -2.21. The van der Waals surface area contributed by atoms with Gasteiger partial charge in [-0.2, -0.15) is 0 Å². The van der Waals surface area contributed by atoms with Crippen LogP contribution >= 0.6 is 15.9 Å². The summed E-state index contributed by atoms with van der Waals surface area (Å²) in [4.78, 5) is 10.8. The number of methoxy groups -OCH3 is 2. The van der Waals surface area contributed by atoms with Gasteiger partial charge in [-0.15, -0.1) is 0 Å². The van der Waals surface area contributed by atoms with E-state index in [0.717, 1.165) is 0 Å². The van der Waals surface area contributed by atoms with E-state index in [4.69, 9.17) is 20.3 Å². The number of ether oxygens (including phenoxy) is 2. The third kappa shape index (κ3) is 2.45. The van der Waals surface area contributed by atoms with E-state index in [1.54, 1.807) is 12.1 Å². The first-order valence-electron chi connectivity index (χ1n) is 4.41. The summed E-state index contributed by atoms with van der Waals surface area (Å²) < 4.78 is 10.9. The highest BCUT2D eigenvalue weighted by molar-refractivity contribution is 9.10. The van der Waals surface area contributed by atoms with Gasteiger partial charge in [0.15, 0.2) is 11.5 Å². The maximum absolute atomic E-state index is 10.8. The number of hydrogen-bond donors (Lipinski definition) is 2. The molecule has 0 aliphatic heterocycles. The molecular weight excluding hydrogens is 278 g/mol. The van der Waals surface area contributed by atoms with E-state index in [1.807, 2.05) is 0 Å². The molecular formula is C10H12BrNO4. The van der Waals surface area contributed by atoms with E-state index < -0.39 is 12.0 Å². The molecule has 6 heteroatoms. The van der Waals surface area contributed by atoms with Crippen LogP contribution in [0.5, 0.6) is 11.5 Å². The van der Waals surface area contributed by atoms with Crippen molar-refractivity contribution in [1.82, 2.24) is 0 Å². The van der Waals surface area contributed by atoms with Crippen molar-refractivity contribution in [2.24, 2.45) is 5.73 Å². The first kappa shape index (κ1) is 12.8. The zero-order valence-corrected chi connectivity index (χ0v) is 10.4. The molecule has 1 rings (SSSR count). The first-order chi connectivity index (χ1) is 7.51. The lowest BCUT2D eigenvalue weighted by Gasteiger charge is -2.15. The van der Waals surface area contributed by atoms with Gasteiger partial charge < -0.3 is 20.3 Å². The van der Waals surface area contributed by atoms with Gasteiger partial charge >= 0.3 is 5.97 Å². The minimum absolute atomic E-state index is 0.334. The fourth-order valence-corrected chi connectivity index (χ4v) is 1.78. The van der Waals surface area contributed by atoms with Gasteiger partial charge in [0.25, 0.3) is 0 Å². The number of halogens is 1. The maximum atomic E-state index is 10.8. The SMILES string of the molecule is COc1cc(Br)cc(C(N)C(=O)O)c1OC. The second-order valence-corrected chi connectivity index (χ2v) is 3.96. The molecule has 0 aliphatic rings. The molecule has 5 nitrogen and oxygen atoms in total. The summed E-state index contributed by atoms with van der Waals surface area (Å²) in [6.45, 7) is 0. The summed E-state index contributed by atoms with van der Waals surface area (Å²) in [5, 5.41) is 8.87. The van der Waals surface area contributed by atoms with E-state index in [-0.39, 0.29) is 0 Å². The number of carboxylic acid groups (broad SMARTS) is 1. The Morgan fingerprint density at radius 1 is 1.44 bits per heavy atom. The van der Waals surface area contributed by atoms with Gasteiger partial charge in [0, 0.05) is 10.0 Å². The van der Waals surface area contributed by atoms with Crippen molar-refractivity contribution in [3.05, 3.63) is 22.2 Å². The standard InChI is InChI=1S/C10H12BrNO4/c1-15-7-4-5(11)3-6(9(7)16-2)8(12)10(13)14/h3-4,8H,12H2,1-2H3,(H,13,14). The molecule has 1 aromatic carbocycles. The van der Waals surface area contributed by atoms with Crippen molar-refractivity contribution >= 4 is 21.9 Å². The molecule has 0 saturated carbocycles. The minimum atomic E-state index is -1.15. The van der Waals surface area contributed by atoms with Crippen molar-refractivity contribution < 1.29 is 19.4 Å². The van der Waals surface area contributed by atoms with E-state index in [1.165, 1.54) is 14.2 Å². The number of hydrogen-bond acceptors (Lipinski definition) is 4. The maximum Gasteiger partial charge on any atom is 0.325 e. The molecule has 1 aromatic rings. The summed E-state index contributed by atoms with van der Waals surface area (Å²) in [5.74, 6) is -0.359. The van der Waals surface area contributed by atoms with Crippen LogP contribution in [0.25, 0.3) is 0 Å². The highest BCUT2D eigenvalue weighted by Crippen LogP contribution is 2.37. The highest BCUT2D eigenvalue weighted by atomic mass is 79.9. The van der Waals surface area contributed by atoms with E-state index in [2.05, 4.69) is 15.9 Å². The second kappa shape index (κ2) is 5.18. The molecule has 0 spiro atoms. The minimum Gasteiger partial charge on any atom is -0.493 e. The van der Waals surface area contributed by atoms with Crippen molar-refractivity contribution in [3.8, 4) is 11.5 Å². The van der Waals surface area contributed by atoms with E-state index in [9.17, 15) is 4.79 Å². The Labute approximate surface area is 101 Å². The number of carboxylic acids is 1. The predicted octanol–water partition coefficient (Wildman–Crippen LogP) is 1.55. The molecule has 0 radical (unpaired) electrons. The van der Waals surface area contributed by atoms with Gasteiger partial charge in [-0.25, -0.2) is 0 Å². The van der Waals surface area contributed by atoms with Gasteiger partial charge in [-0.05, 0) is 12.1 Å². The normalized spacial score (nSPS) is 12.0. The molecule has 0 fully saturated rings. The second-order valence-electron chi connectivity index (χ2n) is 3.05. The van der Waals surface area contributed by atoms with Crippen LogP contribution in [-0.2, 0) is 4.79 Å². The van der Waals surface area contributed by atoms with Crippen LogP contribution in [0.2, 0.25) is 0 Å². The zero-order valence-electron chi connectivity index (χ0n) is 8.86. The quantitative estimate of drug-likeness (QED) is 0.879. The van der Waals surface area contributed by atoms with Crippen LogP contribution in [0.3, 0.4) is 0 Å². The predicted molar refractivity (Wildman–Crippen MR) is 61.8 cm³/mol. The Hall–Kier alpha value is -1.27. The summed E-state index contributed by atoms with van der Waals surface area (Å²) in [5.41, 5.74) is 5.91. The molecule has 0 amide bonds. The van der Waals surface area contributed by atoms with Gasteiger partial charge in [0.2, 0.25) is 0 Å². The molecule has 16 heavy (non-hydrogen) atoms. The van der Waals surface area contributed by atoms with Crippen molar-refractivity contribution in [2.75, 3.05) is 14.2 Å². The van der Waals surface area contributed by atoms with Crippen molar-refractivity contribution in [3.63, 3.8) is 0 Å². The highest BCUT2D eigenvalue weighted by Gasteiger charge is 2.22. The molecule has 0 bridgehead atoms. The Morgan fingerprint density at radius 3 is 2.50 bits per heavy atom. The van der Waals surface area contributed by atoms with Gasteiger partial charge in [0.1, 0.15) is 6.04 Å². The smallest absolute Gasteiger partial charge is 0.325 e. The van der Waals surface area contributed by atoms with Gasteiger partial charge in [0.05, 0.1) is 14.2 Å². The Morgan fingerprint density at radius 2 is 2.06 bits per heavy atom. The summed E-state index contributed by atoms with van der Waals surface area (Å²) in [6.07, 6.45) is 0. The molecule has 0 aliphatic carbocycles. The van der Waals surface area contributed by atoms with Gasteiger partial charge in [-0.1, -0.05) is 15.9 Å². The number of carbonyl (C=O) groups is 1. The molecule has 3 N–H and O–H groups in total. The topological polar surface area (TPSA) is 81.8 Å². The number of rotatable bonds is 4. The van der Waals surface area contributed by atoms with Crippen molar-refractivity contribution in [2.45, 2.75) is 6.04 Å². The molecule has 0 saturated heterocycles. The Kier molecular flexibility index (Phi) is 4.14. The van der Waals surface area contributed by atoms with Crippen LogP contribution < -0.4 is 15.2 Å². The van der Waals surface area contributed by atoms with E-state index in [0.29, 0.717) is 21.5 Å². The molecule has 0 aromatic heterocycles. The number of aliphatic carboxylic acids is 1. The molecule has 0 heterocycles. The van der Waals surface area contributed by atoms with Crippen LogP contribution in [0.1, 0.15) is 11.6 Å². The van der Waals surface area contributed by atoms with Crippen LogP contribution in [0.15, 0.2) is 16.6 Å². The lowest BCUT2D eigenvalue weighted by molar-refractivity contribution is -0.138. The fraction of sp³-hybridized carbons (Fsp3) is 0.300. The summed E-state index contributed by atoms with van der Waals surface area (Å²) in [7, 11) is 2.91. The third-order valence-corrected chi connectivity index (χ3v) is 2.53. The summed E-state index contributed by atoms with van der Waals surface area (Å²) in [6, 6.07) is 2.12. The van der Waals surface area contributed by atoms with Crippen LogP contribution in [-0.4, -0.2) is 25.3 Å². The van der Waals surface area contributed by atoms with Gasteiger partial charge in [-0.3, -0.25) is 4.79 Å². The molecule has 1 atom stereocenters. The zero-order chi connectivity index (χ0) is 12.3. The monoisotopic (exact) mass is 289 g/mol. The third-order valence-electron chi connectivity index (χ3n) is 2.07. The lowest BCUT2D eigenvalue weighted by atomic mass is 10.1. The van der Waals surface area contributed by atoms with Crippen molar-refractivity contribution in [1.29, 1.82) is 0 Å².